The minimum absolute atomic E-state index is 0.117. The molecule has 2 aromatic rings. The highest BCUT2D eigenvalue weighted by Crippen LogP contribution is 2.37. The molecule has 0 spiro atoms. The maximum absolute atomic E-state index is 10.4. The number of aromatic hydroxyl groups is 1. The zero-order valence-electron chi connectivity index (χ0n) is 18.7. The van der Waals surface area contributed by atoms with E-state index < -0.39 is 5.97 Å². The van der Waals surface area contributed by atoms with E-state index in [1.54, 1.807) is 12.1 Å². The molecule has 0 atom stereocenters. The molecule has 0 heterocycles. The molecular weight excluding hydrogens is 374 g/mol. The van der Waals surface area contributed by atoms with Crippen LogP contribution in [0.25, 0.3) is 11.1 Å². The predicted molar refractivity (Wildman–Crippen MR) is 124 cm³/mol. The molecule has 0 aromatic heterocycles. The number of hydrogen-bond acceptors (Lipinski definition) is 3. The smallest absolute Gasteiger partial charge is 0.304 e. The number of nitrogens with one attached hydrogen (secondary N) is 1. The third-order valence-electron chi connectivity index (χ3n) is 5.78. The van der Waals surface area contributed by atoms with Gasteiger partial charge in [-0.05, 0) is 59.1 Å². The van der Waals surface area contributed by atoms with Gasteiger partial charge in [0.2, 0.25) is 0 Å². The van der Waals surface area contributed by atoms with Crippen molar-refractivity contribution in [2.45, 2.75) is 65.8 Å². The highest BCUT2D eigenvalue weighted by Gasteiger charge is 2.25. The molecule has 164 valence electrons. The van der Waals surface area contributed by atoms with Gasteiger partial charge >= 0.3 is 5.97 Å². The molecule has 0 amide bonds. The number of carbonyl (C=O) groups is 1. The number of carboxylic acids is 1. The lowest BCUT2D eigenvalue weighted by molar-refractivity contribution is -0.136. The highest BCUT2D eigenvalue weighted by atomic mass is 16.4. The molecule has 0 radical (unpaired) electrons. The third-order valence-corrected chi connectivity index (χ3v) is 5.78. The number of benzene rings is 2. The molecule has 30 heavy (non-hydrogen) atoms. The van der Waals surface area contributed by atoms with Gasteiger partial charge in [-0.25, -0.2) is 0 Å². The summed E-state index contributed by atoms with van der Waals surface area (Å²) in [4.78, 5) is 10.4. The largest absolute Gasteiger partial charge is 0.508 e. The average molecular weight is 412 g/mol. The van der Waals surface area contributed by atoms with E-state index in [0.29, 0.717) is 18.5 Å². The van der Waals surface area contributed by atoms with Crippen LogP contribution in [0.1, 0.15) is 64.9 Å². The molecule has 3 rings (SSSR count). The fourth-order valence-electron chi connectivity index (χ4n) is 3.94. The number of hydrogen-bond donors (Lipinski definition) is 3. The number of rotatable bonds is 6. The second-order valence-electron chi connectivity index (χ2n) is 9.27. The van der Waals surface area contributed by atoms with Crippen LogP contribution in [-0.4, -0.2) is 22.7 Å². The lowest BCUT2D eigenvalue weighted by Gasteiger charge is -2.33. The van der Waals surface area contributed by atoms with Gasteiger partial charge in [0.05, 0.1) is 6.42 Å². The summed E-state index contributed by atoms with van der Waals surface area (Å²) >= 11 is 0. The Hall–Kier alpha value is -2.33. The van der Waals surface area contributed by atoms with Crippen LogP contribution in [0.3, 0.4) is 0 Å². The SMILES string of the molecule is CC(C)(C)C1CCCCC1.O=C(O)CCNCc1cccc(-c2cccc(O)c2)c1. The van der Waals surface area contributed by atoms with E-state index in [4.69, 9.17) is 5.11 Å². The van der Waals surface area contributed by atoms with Gasteiger partial charge in [-0.15, -0.1) is 0 Å². The summed E-state index contributed by atoms with van der Waals surface area (Å²) in [5, 5.41) is 21.2. The van der Waals surface area contributed by atoms with Gasteiger partial charge in [-0.3, -0.25) is 4.79 Å². The van der Waals surface area contributed by atoms with E-state index in [1.807, 2.05) is 36.4 Å². The van der Waals surface area contributed by atoms with Crippen molar-refractivity contribution in [3.8, 4) is 16.9 Å². The first kappa shape index (κ1) is 23.9. The molecule has 0 saturated heterocycles. The van der Waals surface area contributed by atoms with Crippen LogP contribution in [-0.2, 0) is 11.3 Å². The maximum atomic E-state index is 10.4. The average Bonchev–Trinajstić information content (AvgIpc) is 2.72. The number of phenolic OH excluding ortho intramolecular Hbond substituents is 1. The van der Waals surface area contributed by atoms with Crippen molar-refractivity contribution in [2.24, 2.45) is 11.3 Å². The molecule has 1 saturated carbocycles. The van der Waals surface area contributed by atoms with E-state index in [-0.39, 0.29) is 12.2 Å². The fraction of sp³-hybridized carbons (Fsp3) is 0.500. The van der Waals surface area contributed by atoms with Crippen LogP contribution < -0.4 is 5.32 Å². The first-order valence-corrected chi connectivity index (χ1v) is 11.1. The van der Waals surface area contributed by atoms with E-state index >= 15 is 0 Å². The lowest BCUT2D eigenvalue weighted by atomic mass is 9.72. The zero-order chi connectivity index (χ0) is 22.0. The molecule has 3 N–H and O–H groups in total. The van der Waals surface area contributed by atoms with Crippen LogP contribution in [0, 0.1) is 11.3 Å². The second-order valence-corrected chi connectivity index (χ2v) is 9.27. The molecule has 0 bridgehead atoms. The summed E-state index contributed by atoms with van der Waals surface area (Å²) in [5.41, 5.74) is 3.63. The van der Waals surface area contributed by atoms with E-state index in [1.165, 1.54) is 32.1 Å². The minimum atomic E-state index is -0.800. The van der Waals surface area contributed by atoms with Gasteiger partial charge in [0, 0.05) is 13.1 Å². The Balaban J connectivity index is 0.000000269. The van der Waals surface area contributed by atoms with E-state index in [2.05, 4.69) is 26.1 Å². The van der Waals surface area contributed by atoms with Crippen molar-refractivity contribution in [1.29, 1.82) is 0 Å². The molecule has 4 heteroatoms. The van der Waals surface area contributed by atoms with Crippen molar-refractivity contribution in [2.75, 3.05) is 6.54 Å². The summed E-state index contributed by atoms with van der Waals surface area (Å²) in [6.45, 7) is 8.21. The normalized spacial score (nSPS) is 14.6. The van der Waals surface area contributed by atoms with Gasteiger partial charge in [0.25, 0.3) is 0 Å². The minimum Gasteiger partial charge on any atom is -0.508 e. The topological polar surface area (TPSA) is 69.6 Å². The highest BCUT2D eigenvalue weighted by molar-refractivity contribution is 5.67. The fourth-order valence-corrected chi connectivity index (χ4v) is 3.94. The van der Waals surface area contributed by atoms with Gasteiger partial charge < -0.3 is 15.5 Å². The van der Waals surface area contributed by atoms with Crippen LogP contribution >= 0.6 is 0 Å². The second kappa shape index (κ2) is 11.8. The predicted octanol–water partition coefficient (Wildman–Crippen LogP) is 6.24. The van der Waals surface area contributed by atoms with Crippen LogP contribution in [0.15, 0.2) is 48.5 Å². The Morgan fingerprint density at radius 2 is 1.63 bits per heavy atom. The van der Waals surface area contributed by atoms with E-state index in [9.17, 15) is 9.90 Å². The van der Waals surface area contributed by atoms with Gasteiger partial charge in [-0.1, -0.05) is 70.4 Å². The van der Waals surface area contributed by atoms with Crippen LogP contribution in [0.5, 0.6) is 5.75 Å². The van der Waals surface area contributed by atoms with Crippen molar-refractivity contribution < 1.29 is 15.0 Å². The summed E-state index contributed by atoms with van der Waals surface area (Å²) in [6.07, 6.45) is 7.50. The molecule has 0 aliphatic heterocycles. The summed E-state index contributed by atoms with van der Waals surface area (Å²) in [7, 11) is 0. The first-order valence-electron chi connectivity index (χ1n) is 11.1. The third kappa shape index (κ3) is 8.58. The monoisotopic (exact) mass is 411 g/mol. The Labute approximate surface area is 181 Å². The van der Waals surface area contributed by atoms with Gasteiger partial charge in [0.1, 0.15) is 5.75 Å². The van der Waals surface area contributed by atoms with Crippen molar-refractivity contribution >= 4 is 5.97 Å². The Bertz CT molecular complexity index is 789. The number of carboxylic acid groups (broad SMARTS) is 1. The van der Waals surface area contributed by atoms with Crippen LogP contribution in [0.4, 0.5) is 0 Å². The molecule has 1 aliphatic carbocycles. The first-order chi connectivity index (χ1) is 14.3. The van der Waals surface area contributed by atoms with Gasteiger partial charge in [-0.2, -0.15) is 0 Å². The number of phenols is 1. The summed E-state index contributed by atoms with van der Waals surface area (Å²) < 4.78 is 0. The zero-order valence-corrected chi connectivity index (χ0v) is 18.7. The molecule has 1 aliphatic rings. The van der Waals surface area contributed by atoms with Crippen molar-refractivity contribution in [3.63, 3.8) is 0 Å². The Kier molecular flexibility index (Phi) is 9.38. The van der Waals surface area contributed by atoms with Crippen molar-refractivity contribution in [3.05, 3.63) is 54.1 Å². The standard InChI is InChI=1S/C16H17NO3.C10H20/c18-15-6-2-5-14(10-15)13-4-1-3-12(9-13)11-17-8-7-16(19)20;1-10(2,3)9-7-5-4-6-8-9/h1-6,9-10,17-18H,7-8,11H2,(H,19,20);9H,4-8H2,1-3H3. The summed E-state index contributed by atoms with van der Waals surface area (Å²) in [6, 6.07) is 15.1. The molecule has 0 unspecified atom stereocenters. The maximum Gasteiger partial charge on any atom is 0.304 e. The van der Waals surface area contributed by atoms with Gasteiger partial charge in [0.15, 0.2) is 0 Å². The lowest BCUT2D eigenvalue weighted by Crippen LogP contribution is -2.22. The van der Waals surface area contributed by atoms with Crippen LogP contribution in [0.2, 0.25) is 0 Å². The molecular formula is C26H37NO3. The quantitative estimate of drug-likeness (QED) is 0.492. The number of aliphatic carboxylic acids is 1. The summed E-state index contributed by atoms with van der Waals surface area (Å²) in [5.74, 6) is 0.444. The molecule has 1 fully saturated rings. The molecule has 2 aromatic carbocycles. The Morgan fingerprint density at radius 1 is 1.00 bits per heavy atom. The Morgan fingerprint density at radius 3 is 2.20 bits per heavy atom. The van der Waals surface area contributed by atoms with E-state index in [0.717, 1.165) is 22.6 Å². The molecule has 4 nitrogen and oxygen atoms in total. The van der Waals surface area contributed by atoms with Crippen molar-refractivity contribution in [1.82, 2.24) is 5.32 Å².